The quantitative estimate of drug-likeness (QED) is 0.742. The van der Waals surface area contributed by atoms with Crippen molar-refractivity contribution >= 4 is 7.37 Å². The minimum absolute atomic E-state index is 0.457. The molecular weight excluding hydrogens is 223 g/mol. The zero-order valence-electron chi connectivity index (χ0n) is 10.3. The Morgan fingerprint density at radius 1 is 1.31 bits per heavy atom. The highest BCUT2D eigenvalue weighted by molar-refractivity contribution is 7.57. The van der Waals surface area contributed by atoms with Gasteiger partial charge in [0.2, 0.25) is 7.37 Å². The molecule has 0 aliphatic carbocycles. The first-order chi connectivity index (χ1) is 7.46. The summed E-state index contributed by atoms with van der Waals surface area (Å²) in [6, 6.07) is 5.87. The predicted molar refractivity (Wildman–Crippen MR) is 66.6 cm³/mol. The van der Waals surface area contributed by atoms with E-state index in [4.69, 9.17) is 9.26 Å². The number of benzene rings is 1. The lowest BCUT2D eigenvalue weighted by atomic mass is 10.1. The molecule has 0 amide bonds. The standard InChI is InChI=1S/C12H19O3P/c1-5-15-16(4,13)9-11-6-10(2)7-12(8-11)14-3/h6-8H,5,9H2,1-4H3. The van der Waals surface area contributed by atoms with Gasteiger partial charge < -0.3 is 9.26 Å². The van der Waals surface area contributed by atoms with Crippen LogP contribution in [0.4, 0.5) is 0 Å². The van der Waals surface area contributed by atoms with E-state index in [0.29, 0.717) is 12.8 Å². The van der Waals surface area contributed by atoms with Crippen LogP contribution in [0.25, 0.3) is 0 Å². The number of methoxy groups -OCH3 is 1. The Kier molecular flexibility index (Phi) is 4.57. The first-order valence-corrected chi connectivity index (χ1v) is 7.58. The van der Waals surface area contributed by atoms with Crippen LogP contribution >= 0.6 is 7.37 Å². The summed E-state index contributed by atoms with van der Waals surface area (Å²) in [5.74, 6) is 0.798. The molecule has 0 heterocycles. The van der Waals surface area contributed by atoms with Crippen molar-refractivity contribution < 1.29 is 13.8 Å². The van der Waals surface area contributed by atoms with Crippen LogP contribution in [-0.2, 0) is 15.3 Å². The van der Waals surface area contributed by atoms with Crippen LogP contribution < -0.4 is 4.74 Å². The van der Waals surface area contributed by atoms with E-state index < -0.39 is 7.37 Å². The highest BCUT2D eigenvalue weighted by Crippen LogP contribution is 2.46. The zero-order valence-corrected chi connectivity index (χ0v) is 11.2. The largest absolute Gasteiger partial charge is 0.497 e. The van der Waals surface area contributed by atoms with Gasteiger partial charge in [-0.1, -0.05) is 6.07 Å². The van der Waals surface area contributed by atoms with Crippen LogP contribution in [0.15, 0.2) is 18.2 Å². The third-order valence-electron chi connectivity index (χ3n) is 2.22. The molecule has 0 aliphatic rings. The third-order valence-corrected chi connectivity index (χ3v) is 3.96. The molecule has 3 nitrogen and oxygen atoms in total. The van der Waals surface area contributed by atoms with Gasteiger partial charge in [-0.05, 0) is 37.1 Å². The Morgan fingerprint density at radius 3 is 2.56 bits per heavy atom. The van der Waals surface area contributed by atoms with Crippen molar-refractivity contribution in [3.8, 4) is 5.75 Å². The highest BCUT2D eigenvalue weighted by Gasteiger charge is 2.16. The van der Waals surface area contributed by atoms with Crippen LogP contribution in [0.3, 0.4) is 0 Å². The van der Waals surface area contributed by atoms with Crippen LogP contribution in [-0.4, -0.2) is 20.4 Å². The van der Waals surface area contributed by atoms with Crippen molar-refractivity contribution in [2.45, 2.75) is 20.0 Å². The molecule has 1 unspecified atom stereocenters. The van der Waals surface area contributed by atoms with Crippen LogP contribution in [0.1, 0.15) is 18.1 Å². The van der Waals surface area contributed by atoms with Gasteiger partial charge in [0.05, 0.1) is 13.7 Å². The zero-order chi connectivity index (χ0) is 12.2. The van der Waals surface area contributed by atoms with Gasteiger partial charge in [0.15, 0.2) is 0 Å². The molecule has 0 fully saturated rings. The molecule has 1 aromatic carbocycles. The lowest BCUT2D eigenvalue weighted by molar-refractivity contribution is 0.336. The molecule has 0 N–H and O–H groups in total. The van der Waals surface area contributed by atoms with Crippen molar-refractivity contribution in [2.75, 3.05) is 20.4 Å². The molecule has 4 heteroatoms. The van der Waals surface area contributed by atoms with Crippen LogP contribution in [0, 0.1) is 6.92 Å². The SMILES string of the molecule is CCOP(C)(=O)Cc1cc(C)cc(OC)c1. The van der Waals surface area contributed by atoms with Crippen molar-refractivity contribution in [3.05, 3.63) is 29.3 Å². The van der Waals surface area contributed by atoms with Crippen LogP contribution in [0.5, 0.6) is 5.75 Å². The third kappa shape index (κ3) is 3.99. The van der Waals surface area contributed by atoms with E-state index in [9.17, 15) is 4.57 Å². The molecule has 90 valence electrons. The lowest BCUT2D eigenvalue weighted by Gasteiger charge is -2.13. The Morgan fingerprint density at radius 2 is 2.00 bits per heavy atom. The average molecular weight is 242 g/mol. The Labute approximate surface area is 97.2 Å². The fourth-order valence-corrected chi connectivity index (χ4v) is 3.17. The fraction of sp³-hybridized carbons (Fsp3) is 0.500. The summed E-state index contributed by atoms with van der Waals surface area (Å²) in [4.78, 5) is 0. The monoisotopic (exact) mass is 242 g/mol. The van der Waals surface area contributed by atoms with Gasteiger partial charge in [-0.15, -0.1) is 0 Å². The Bertz CT molecular complexity index is 401. The Balaban J connectivity index is 2.88. The summed E-state index contributed by atoms with van der Waals surface area (Å²) in [6.45, 7) is 6.00. The summed E-state index contributed by atoms with van der Waals surface area (Å²) in [5, 5.41) is 0. The maximum atomic E-state index is 12.0. The minimum atomic E-state index is -2.52. The van der Waals surface area contributed by atoms with Crippen molar-refractivity contribution in [3.63, 3.8) is 0 Å². The van der Waals surface area contributed by atoms with Crippen molar-refractivity contribution in [1.29, 1.82) is 0 Å². The van der Waals surface area contributed by atoms with E-state index in [2.05, 4.69) is 0 Å². The summed E-state index contributed by atoms with van der Waals surface area (Å²) >= 11 is 0. The van der Waals surface area contributed by atoms with Gasteiger partial charge in [-0.3, -0.25) is 4.57 Å². The first kappa shape index (κ1) is 13.3. The number of rotatable bonds is 5. The molecule has 0 aromatic heterocycles. The normalized spacial score (nSPS) is 14.5. The number of aryl methyl sites for hydroxylation is 1. The second-order valence-electron chi connectivity index (χ2n) is 3.95. The summed E-state index contributed by atoms with van der Waals surface area (Å²) in [5.41, 5.74) is 2.10. The van der Waals surface area contributed by atoms with Crippen molar-refractivity contribution in [1.82, 2.24) is 0 Å². The highest BCUT2D eigenvalue weighted by atomic mass is 31.2. The van der Waals surface area contributed by atoms with E-state index in [1.807, 2.05) is 32.0 Å². The Hall–Kier alpha value is -0.790. The maximum Gasteiger partial charge on any atom is 0.204 e. The summed E-state index contributed by atoms with van der Waals surface area (Å²) in [6.07, 6.45) is 0.457. The average Bonchev–Trinajstić information content (AvgIpc) is 2.15. The van der Waals surface area contributed by atoms with E-state index in [1.54, 1.807) is 13.8 Å². The minimum Gasteiger partial charge on any atom is -0.497 e. The number of ether oxygens (including phenoxy) is 1. The molecule has 0 radical (unpaired) electrons. The van der Waals surface area contributed by atoms with E-state index in [0.717, 1.165) is 16.9 Å². The fourth-order valence-electron chi connectivity index (χ4n) is 1.68. The molecule has 0 saturated heterocycles. The van der Waals surface area contributed by atoms with E-state index in [-0.39, 0.29) is 0 Å². The van der Waals surface area contributed by atoms with Gasteiger partial charge in [0.25, 0.3) is 0 Å². The second-order valence-corrected chi connectivity index (χ2v) is 6.55. The summed E-state index contributed by atoms with van der Waals surface area (Å²) in [7, 11) is -0.889. The van der Waals surface area contributed by atoms with Gasteiger partial charge in [0.1, 0.15) is 5.75 Å². The number of hydrogen-bond donors (Lipinski definition) is 0. The van der Waals surface area contributed by atoms with Gasteiger partial charge >= 0.3 is 0 Å². The molecule has 0 saturated carbocycles. The van der Waals surface area contributed by atoms with Gasteiger partial charge in [-0.25, -0.2) is 0 Å². The van der Waals surface area contributed by atoms with E-state index in [1.165, 1.54) is 0 Å². The lowest BCUT2D eigenvalue weighted by Crippen LogP contribution is -1.94. The molecule has 1 atom stereocenters. The second kappa shape index (κ2) is 5.51. The predicted octanol–water partition coefficient (Wildman–Crippen LogP) is 3.45. The van der Waals surface area contributed by atoms with Crippen molar-refractivity contribution in [2.24, 2.45) is 0 Å². The topological polar surface area (TPSA) is 35.5 Å². The molecular formula is C12H19O3P. The molecule has 0 spiro atoms. The van der Waals surface area contributed by atoms with Gasteiger partial charge in [0, 0.05) is 12.8 Å². The van der Waals surface area contributed by atoms with E-state index >= 15 is 0 Å². The molecule has 0 aliphatic heterocycles. The summed E-state index contributed by atoms with van der Waals surface area (Å²) < 4.78 is 22.5. The smallest absolute Gasteiger partial charge is 0.204 e. The molecule has 16 heavy (non-hydrogen) atoms. The number of hydrogen-bond acceptors (Lipinski definition) is 3. The maximum absolute atomic E-state index is 12.0. The van der Waals surface area contributed by atoms with Gasteiger partial charge in [-0.2, -0.15) is 0 Å². The first-order valence-electron chi connectivity index (χ1n) is 5.32. The molecule has 1 rings (SSSR count). The molecule has 1 aromatic rings. The van der Waals surface area contributed by atoms with Crippen LogP contribution in [0.2, 0.25) is 0 Å². The molecule has 0 bridgehead atoms.